The van der Waals surface area contributed by atoms with Crippen LogP contribution in [0, 0.1) is 5.92 Å². The molecule has 0 aliphatic carbocycles. The number of esters is 1. The van der Waals surface area contributed by atoms with Crippen LogP contribution in [0.25, 0.3) is 0 Å². The van der Waals surface area contributed by atoms with Gasteiger partial charge >= 0.3 is 5.97 Å². The van der Waals surface area contributed by atoms with Crippen molar-refractivity contribution in [2.45, 2.75) is 39.5 Å². The molecule has 0 spiro atoms. The van der Waals surface area contributed by atoms with Crippen molar-refractivity contribution >= 4 is 11.7 Å². The van der Waals surface area contributed by atoms with E-state index in [0.717, 1.165) is 24.4 Å². The van der Waals surface area contributed by atoms with E-state index < -0.39 is 0 Å². The summed E-state index contributed by atoms with van der Waals surface area (Å²) in [5.74, 6) is 0.535. The van der Waals surface area contributed by atoms with E-state index in [1.165, 1.54) is 12.8 Å². The molecule has 3 nitrogen and oxygen atoms in total. The van der Waals surface area contributed by atoms with Crippen LogP contribution < -0.4 is 4.90 Å². The quantitative estimate of drug-likeness (QED) is 0.528. The number of ether oxygens (including phenoxy) is 1. The lowest BCUT2D eigenvalue weighted by atomic mass is 9.98. The zero-order valence-corrected chi connectivity index (χ0v) is 13.2. The van der Waals surface area contributed by atoms with Gasteiger partial charge in [-0.25, -0.2) is 4.79 Å². The molecule has 0 saturated heterocycles. The van der Waals surface area contributed by atoms with Crippen molar-refractivity contribution in [2.75, 3.05) is 25.6 Å². The van der Waals surface area contributed by atoms with E-state index in [2.05, 4.69) is 13.8 Å². The maximum Gasteiger partial charge on any atom is 0.338 e. The highest BCUT2D eigenvalue weighted by Gasteiger charge is 2.08. The van der Waals surface area contributed by atoms with Gasteiger partial charge in [-0.15, -0.1) is 0 Å². The van der Waals surface area contributed by atoms with Gasteiger partial charge in [-0.2, -0.15) is 0 Å². The van der Waals surface area contributed by atoms with Crippen LogP contribution in [0.3, 0.4) is 0 Å². The lowest BCUT2D eigenvalue weighted by molar-refractivity contribution is 0.0493. The second-order valence-electron chi connectivity index (χ2n) is 5.40. The molecule has 0 aromatic heterocycles. The van der Waals surface area contributed by atoms with Gasteiger partial charge in [0.15, 0.2) is 0 Å². The molecule has 112 valence electrons. The molecule has 0 N–H and O–H groups in total. The lowest BCUT2D eigenvalue weighted by Crippen LogP contribution is -2.10. The molecule has 0 atom stereocenters. The number of anilines is 1. The number of hydrogen-bond acceptors (Lipinski definition) is 3. The third-order valence-corrected chi connectivity index (χ3v) is 3.76. The van der Waals surface area contributed by atoms with E-state index in [4.69, 9.17) is 4.74 Å². The summed E-state index contributed by atoms with van der Waals surface area (Å²) < 4.78 is 5.32. The molecular formula is C17H27NO2. The first-order valence-electron chi connectivity index (χ1n) is 7.53. The fraction of sp³-hybridized carbons (Fsp3) is 0.588. The Kier molecular flexibility index (Phi) is 7.13. The van der Waals surface area contributed by atoms with Gasteiger partial charge in [0.1, 0.15) is 0 Å². The number of benzene rings is 1. The third kappa shape index (κ3) is 5.24. The SMILES string of the molecule is CCC(CC)CCCOC(=O)c1ccc(N(C)C)cc1. The zero-order chi connectivity index (χ0) is 15.0. The second kappa shape index (κ2) is 8.62. The molecule has 0 unspecified atom stereocenters. The molecule has 0 heterocycles. The summed E-state index contributed by atoms with van der Waals surface area (Å²) in [5.41, 5.74) is 1.70. The number of hydrogen-bond donors (Lipinski definition) is 0. The minimum absolute atomic E-state index is 0.222. The smallest absolute Gasteiger partial charge is 0.338 e. The Balaban J connectivity index is 2.35. The third-order valence-electron chi connectivity index (χ3n) is 3.76. The highest BCUT2D eigenvalue weighted by molar-refractivity contribution is 5.89. The number of rotatable bonds is 8. The largest absolute Gasteiger partial charge is 0.462 e. The standard InChI is InChI=1S/C17H27NO2/c1-5-14(6-2)8-7-13-20-17(19)15-9-11-16(12-10-15)18(3)4/h9-12,14H,5-8,13H2,1-4H3. The van der Waals surface area contributed by atoms with E-state index >= 15 is 0 Å². The van der Waals surface area contributed by atoms with Gasteiger partial charge in [-0.05, 0) is 43.0 Å². The van der Waals surface area contributed by atoms with Crippen molar-refractivity contribution in [3.05, 3.63) is 29.8 Å². The zero-order valence-electron chi connectivity index (χ0n) is 13.2. The average molecular weight is 277 g/mol. The van der Waals surface area contributed by atoms with Gasteiger partial charge in [0, 0.05) is 19.8 Å². The van der Waals surface area contributed by atoms with Crippen LogP contribution in [0.4, 0.5) is 5.69 Å². The Morgan fingerprint density at radius 1 is 1.15 bits per heavy atom. The van der Waals surface area contributed by atoms with Gasteiger partial charge in [-0.3, -0.25) is 0 Å². The second-order valence-corrected chi connectivity index (χ2v) is 5.40. The maximum atomic E-state index is 11.9. The Bertz CT molecular complexity index is 394. The van der Waals surface area contributed by atoms with Crippen molar-refractivity contribution in [2.24, 2.45) is 5.92 Å². The summed E-state index contributed by atoms with van der Waals surface area (Å²) in [6.45, 7) is 4.95. The Hall–Kier alpha value is -1.51. The summed E-state index contributed by atoms with van der Waals surface area (Å²) in [5, 5.41) is 0. The van der Waals surface area contributed by atoms with Crippen LogP contribution in [0.15, 0.2) is 24.3 Å². The molecule has 0 amide bonds. The van der Waals surface area contributed by atoms with Gasteiger partial charge in [-0.1, -0.05) is 26.7 Å². The summed E-state index contributed by atoms with van der Waals surface area (Å²) in [6.07, 6.45) is 4.50. The monoisotopic (exact) mass is 277 g/mol. The molecule has 0 saturated carbocycles. The van der Waals surface area contributed by atoms with E-state index in [1.807, 2.05) is 43.3 Å². The van der Waals surface area contributed by atoms with E-state index in [1.54, 1.807) is 0 Å². The molecule has 0 radical (unpaired) electrons. The van der Waals surface area contributed by atoms with Gasteiger partial charge in [0.25, 0.3) is 0 Å². The summed E-state index contributed by atoms with van der Waals surface area (Å²) in [4.78, 5) is 13.9. The molecule has 1 aromatic carbocycles. The van der Waals surface area contributed by atoms with Gasteiger partial charge < -0.3 is 9.64 Å². The number of nitrogens with zero attached hydrogens (tertiary/aromatic N) is 1. The van der Waals surface area contributed by atoms with Crippen LogP contribution in [0.2, 0.25) is 0 Å². The molecule has 0 bridgehead atoms. The highest BCUT2D eigenvalue weighted by atomic mass is 16.5. The van der Waals surface area contributed by atoms with E-state index in [0.29, 0.717) is 12.2 Å². The van der Waals surface area contributed by atoms with Crippen LogP contribution >= 0.6 is 0 Å². The average Bonchev–Trinajstić information content (AvgIpc) is 2.47. The van der Waals surface area contributed by atoms with Gasteiger partial charge in [0.05, 0.1) is 12.2 Å². The van der Waals surface area contributed by atoms with Gasteiger partial charge in [0.2, 0.25) is 0 Å². The van der Waals surface area contributed by atoms with Crippen LogP contribution in [0.5, 0.6) is 0 Å². The van der Waals surface area contributed by atoms with E-state index in [-0.39, 0.29) is 5.97 Å². The number of carbonyl (C=O) groups excluding carboxylic acids is 1. The van der Waals surface area contributed by atoms with Crippen LogP contribution in [-0.4, -0.2) is 26.7 Å². The maximum absolute atomic E-state index is 11.9. The lowest BCUT2D eigenvalue weighted by Gasteiger charge is -2.13. The topological polar surface area (TPSA) is 29.5 Å². The van der Waals surface area contributed by atoms with Crippen molar-refractivity contribution in [3.8, 4) is 0 Å². The first kappa shape index (κ1) is 16.5. The first-order valence-corrected chi connectivity index (χ1v) is 7.53. The molecule has 0 aliphatic heterocycles. The van der Waals surface area contributed by atoms with Crippen molar-refractivity contribution in [3.63, 3.8) is 0 Å². The minimum Gasteiger partial charge on any atom is -0.462 e. The number of carbonyl (C=O) groups is 1. The molecule has 3 heteroatoms. The van der Waals surface area contributed by atoms with Crippen molar-refractivity contribution < 1.29 is 9.53 Å². The fourth-order valence-corrected chi connectivity index (χ4v) is 2.21. The summed E-state index contributed by atoms with van der Waals surface area (Å²) >= 11 is 0. The van der Waals surface area contributed by atoms with Crippen molar-refractivity contribution in [1.82, 2.24) is 0 Å². The highest BCUT2D eigenvalue weighted by Crippen LogP contribution is 2.15. The normalized spacial score (nSPS) is 10.7. The molecule has 1 aromatic rings. The molecule has 0 aliphatic rings. The Morgan fingerprint density at radius 3 is 2.25 bits per heavy atom. The fourth-order valence-electron chi connectivity index (χ4n) is 2.21. The van der Waals surface area contributed by atoms with E-state index in [9.17, 15) is 4.79 Å². The molecular weight excluding hydrogens is 250 g/mol. The van der Waals surface area contributed by atoms with Crippen LogP contribution in [0.1, 0.15) is 49.9 Å². The summed E-state index contributed by atoms with van der Waals surface area (Å²) in [6, 6.07) is 7.50. The Labute approximate surface area is 122 Å². The molecule has 20 heavy (non-hydrogen) atoms. The van der Waals surface area contributed by atoms with Crippen molar-refractivity contribution in [1.29, 1.82) is 0 Å². The van der Waals surface area contributed by atoms with Crippen LogP contribution in [-0.2, 0) is 4.74 Å². The molecule has 0 fully saturated rings. The predicted molar refractivity (Wildman–Crippen MR) is 84.4 cm³/mol. The Morgan fingerprint density at radius 2 is 1.75 bits per heavy atom. The minimum atomic E-state index is -0.222. The summed E-state index contributed by atoms with van der Waals surface area (Å²) in [7, 11) is 3.95. The predicted octanol–water partition coefficient (Wildman–Crippen LogP) is 4.13. The first-order chi connectivity index (χ1) is 9.58. The molecule has 1 rings (SSSR count).